The van der Waals surface area contributed by atoms with Crippen molar-refractivity contribution in [2.24, 2.45) is 0 Å². The van der Waals surface area contributed by atoms with E-state index < -0.39 is 27.8 Å². The zero-order chi connectivity index (χ0) is 19.9. The second-order valence-electron chi connectivity index (χ2n) is 6.53. The van der Waals surface area contributed by atoms with Crippen molar-refractivity contribution < 1.29 is 22.3 Å². The van der Waals surface area contributed by atoms with Gasteiger partial charge in [-0.25, -0.2) is 12.8 Å². The highest BCUT2D eigenvalue weighted by molar-refractivity contribution is 7.92. The second-order valence-corrected chi connectivity index (χ2v) is 8.39. The maximum Gasteiger partial charge on any atom is 0.243 e. The number of anilines is 1. The van der Waals surface area contributed by atoms with Gasteiger partial charge in [0.05, 0.1) is 25.2 Å². The van der Waals surface area contributed by atoms with E-state index in [2.05, 4.69) is 10.2 Å². The highest BCUT2D eigenvalue weighted by Gasteiger charge is 2.32. The fourth-order valence-electron chi connectivity index (χ4n) is 3.12. The summed E-state index contributed by atoms with van der Waals surface area (Å²) in [4.78, 5) is 14.9. The summed E-state index contributed by atoms with van der Waals surface area (Å²) in [7, 11) is -3.83. The van der Waals surface area contributed by atoms with Crippen molar-refractivity contribution in [2.75, 3.05) is 50.0 Å². The molecule has 1 saturated heterocycles. The number of rotatable bonds is 9. The van der Waals surface area contributed by atoms with Gasteiger partial charge in [0.2, 0.25) is 15.9 Å². The van der Waals surface area contributed by atoms with Crippen molar-refractivity contribution in [2.45, 2.75) is 25.8 Å². The van der Waals surface area contributed by atoms with Gasteiger partial charge >= 0.3 is 0 Å². The number of amides is 1. The predicted molar refractivity (Wildman–Crippen MR) is 103 cm³/mol. The van der Waals surface area contributed by atoms with E-state index in [0.717, 1.165) is 49.8 Å². The van der Waals surface area contributed by atoms with Crippen molar-refractivity contribution in [3.8, 4) is 0 Å². The van der Waals surface area contributed by atoms with Gasteiger partial charge in [-0.2, -0.15) is 0 Å². The minimum absolute atomic E-state index is 0.115. The Hall–Kier alpha value is -1.71. The van der Waals surface area contributed by atoms with Crippen LogP contribution in [0.25, 0.3) is 0 Å². The lowest BCUT2D eigenvalue weighted by molar-refractivity contribution is -0.122. The molecule has 152 valence electrons. The van der Waals surface area contributed by atoms with Crippen LogP contribution in [0.5, 0.6) is 0 Å². The summed E-state index contributed by atoms with van der Waals surface area (Å²) in [5, 5.41) is 2.79. The molecule has 0 aliphatic carbocycles. The highest BCUT2D eigenvalue weighted by Crippen LogP contribution is 2.25. The quantitative estimate of drug-likeness (QED) is 0.630. The van der Waals surface area contributed by atoms with Gasteiger partial charge in [-0.15, -0.1) is 0 Å². The minimum Gasteiger partial charge on any atom is -0.379 e. The van der Waals surface area contributed by atoms with E-state index in [-0.39, 0.29) is 12.1 Å². The minimum atomic E-state index is -3.83. The summed E-state index contributed by atoms with van der Waals surface area (Å²) in [6, 6.07) is 4.57. The van der Waals surface area contributed by atoms with Crippen molar-refractivity contribution in [3.63, 3.8) is 0 Å². The van der Waals surface area contributed by atoms with Crippen LogP contribution >= 0.6 is 0 Å². The first-order valence-corrected chi connectivity index (χ1v) is 11.0. The van der Waals surface area contributed by atoms with E-state index in [4.69, 9.17) is 4.74 Å². The van der Waals surface area contributed by atoms with Crippen molar-refractivity contribution in [1.82, 2.24) is 10.2 Å². The third-order valence-corrected chi connectivity index (χ3v) is 5.64. The molecule has 7 nitrogen and oxygen atoms in total. The highest BCUT2D eigenvalue weighted by atomic mass is 32.2. The summed E-state index contributed by atoms with van der Waals surface area (Å²) in [5.74, 6) is -1.10. The van der Waals surface area contributed by atoms with Gasteiger partial charge in [0.15, 0.2) is 0 Å². The molecule has 0 saturated carbocycles. The Morgan fingerprint density at radius 2 is 2.00 bits per heavy atom. The largest absolute Gasteiger partial charge is 0.379 e. The van der Waals surface area contributed by atoms with Gasteiger partial charge < -0.3 is 10.1 Å². The lowest BCUT2D eigenvalue weighted by Gasteiger charge is -2.30. The molecule has 1 aromatic carbocycles. The Balaban J connectivity index is 2.00. The van der Waals surface area contributed by atoms with Crippen LogP contribution in [-0.2, 0) is 19.6 Å². The third kappa shape index (κ3) is 6.15. The number of carbonyl (C=O) groups excluding carboxylic acids is 1. The number of benzene rings is 1. The molecular formula is C18H28FN3O4S. The average molecular weight is 402 g/mol. The number of carbonyl (C=O) groups is 1. The number of sulfonamides is 1. The van der Waals surface area contributed by atoms with E-state index in [1.165, 1.54) is 18.2 Å². The molecule has 0 spiro atoms. The van der Waals surface area contributed by atoms with Crippen LogP contribution in [0, 0.1) is 5.82 Å². The number of ether oxygens (including phenoxy) is 1. The van der Waals surface area contributed by atoms with Crippen LogP contribution in [0.15, 0.2) is 24.3 Å². The summed E-state index contributed by atoms with van der Waals surface area (Å²) in [5.41, 5.74) is -0.115. The lowest BCUT2D eigenvalue weighted by atomic mass is 10.2. The Morgan fingerprint density at radius 3 is 2.59 bits per heavy atom. The van der Waals surface area contributed by atoms with E-state index in [0.29, 0.717) is 6.54 Å². The lowest BCUT2D eigenvalue weighted by Crippen LogP contribution is -2.50. The number of hydrogen-bond donors (Lipinski definition) is 1. The molecule has 1 aliphatic rings. The molecule has 1 heterocycles. The maximum absolute atomic E-state index is 14.2. The van der Waals surface area contributed by atoms with Crippen molar-refractivity contribution in [1.29, 1.82) is 0 Å². The molecule has 2 rings (SSSR count). The monoisotopic (exact) mass is 401 g/mol. The fraction of sp³-hybridized carbons (Fsp3) is 0.611. The van der Waals surface area contributed by atoms with Crippen molar-refractivity contribution >= 4 is 21.6 Å². The molecular weight excluding hydrogens is 373 g/mol. The number of nitrogens with zero attached hydrogens (tertiary/aromatic N) is 2. The van der Waals surface area contributed by atoms with Gasteiger partial charge in [-0.1, -0.05) is 19.1 Å². The van der Waals surface area contributed by atoms with Gasteiger partial charge in [-0.3, -0.25) is 14.0 Å². The molecule has 1 atom stereocenters. The van der Waals surface area contributed by atoms with Crippen LogP contribution in [0.1, 0.15) is 19.8 Å². The van der Waals surface area contributed by atoms with Crippen molar-refractivity contribution in [3.05, 3.63) is 30.1 Å². The van der Waals surface area contributed by atoms with Gasteiger partial charge in [0, 0.05) is 19.6 Å². The molecule has 9 heteroatoms. The first-order chi connectivity index (χ1) is 12.8. The summed E-state index contributed by atoms with van der Waals surface area (Å²) in [6.45, 7) is 6.16. The number of hydrogen-bond acceptors (Lipinski definition) is 5. The zero-order valence-electron chi connectivity index (χ0n) is 15.9. The van der Waals surface area contributed by atoms with Crippen LogP contribution in [0.4, 0.5) is 10.1 Å². The zero-order valence-corrected chi connectivity index (χ0v) is 16.7. The number of para-hydroxylation sites is 1. The molecule has 1 amide bonds. The van der Waals surface area contributed by atoms with E-state index in [9.17, 15) is 17.6 Å². The standard InChI is InChI=1S/C18H28FN3O4S/c1-3-16(18(23)20-9-6-10-21-11-13-26-14-12-21)22(27(2,24)25)17-8-5-4-7-15(17)19/h4-5,7-8,16H,3,6,9-14H2,1-2H3,(H,20,23). The Morgan fingerprint density at radius 1 is 1.33 bits per heavy atom. The molecule has 0 radical (unpaired) electrons. The Labute approximate surface area is 160 Å². The van der Waals surface area contributed by atoms with Crippen LogP contribution in [0.2, 0.25) is 0 Å². The van der Waals surface area contributed by atoms with Crippen LogP contribution < -0.4 is 9.62 Å². The van der Waals surface area contributed by atoms with Crippen LogP contribution in [-0.4, -0.2) is 70.9 Å². The van der Waals surface area contributed by atoms with E-state index >= 15 is 0 Å². The third-order valence-electron chi connectivity index (χ3n) is 4.47. The summed E-state index contributed by atoms with van der Waals surface area (Å²) < 4.78 is 44.9. The molecule has 1 N–H and O–H groups in total. The topological polar surface area (TPSA) is 79.0 Å². The first-order valence-electron chi connectivity index (χ1n) is 9.16. The molecule has 1 fully saturated rings. The summed E-state index contributed by atoms with van der Waals surface area (Å²) >= 11 is 0. The SMILES string of the molecule is CCC(C(=O)NCCCN1CCOCC1)N(c1ccccc1F)S(C)(=O)=O. The maximum atomic E-state index is 14.2. The van der Waals surface area contributed by atoms with E-state index in [1.807, 2.05) is 0 Å². The average Bonchev–Trinajstić information content (AvgIpc) is 2.64. The van der Waals surface area contributed by atoms with Gasteiger partial charge in [0.25, 0.3) is 0 Å². The molecule has 1 aromatic rings. The van der Waals surface area contributed by atoms with Gasteiger partial charge in [0.1, 0.15) is 11.9 Å². The van der Waals surface area contributed by atoms with Crippen LogP contribution in [0.3, 0.4) is 0 Å². The van der Waals surface area contributed by atoms with Gasteiger partial charge in [-0.05, 0) is 31.5 Å². The fourth-order valence-corrected chi connectivity index (χ4v) is 4.34. The molecule has 1 aliphatic heterocycles. The molecule has 0 aromatic heterocycles. The normalized spacial score (nSPS) is 16.7. The molecule has 1 unspecified atom stereocenters. The first kappa shape index (κ1) is 21.6. The smallest absolute Gasteiger partial charge is 0.243 e. The Kier molecular flexibility index (Phi) is 8.00. The van der Waals surface area contributed by atoms with E-state index in [1.54, 1.807) is 13.0 Å². The number of halogens is 1. The molecule has 0 bridgehead atoms. The number of nitrogens with one attached hydrogen (secondary N) is 1. The molecule has 27 heavy (non-hydrogen) atoms. The number of morpholine rings is 1. The predicted octanol–water partition coefficient (Wildman–Crippen LogP) is 1.21. The second kappa shape index (κ2) is 10.0. The summed E-state index contributed by atoms with van der Waals surface area (Å²) in [6.07, 6.45) is 1.96. The Bertz CT molecular complexity index is 723.